The summed E-state index contributed by atoms with van der Waals surface area (Å²) in [6.07, 6.45) is 12.8. The minimum atomic E-state index is -0.582. The van der Waals surface area contributed by atoms with Gasteiger partial charge in [-0.2, -0.15) is 0 Å². The molecule has 2 N–H and O–H groups in total. The van der Waals surface area contributed by atoms with Crippen LogP contribution in [0.2, 0.25) is 0 Å². The standard InChI is InChI=1S/C29H48O2/c1-11-28(12-2)16-20(24(30)22(18-28)26(5,6)7)15-21-17-29(13-3,14-4)19-23(25(21)31)27(8,9)10/h16-19,24-25,30-31H,11-15H2,1-10H3. The Hall–Kier alpha value is -1.12. The molecule has 2 nitrogen and oxygen atoms in total. The summed E-state index contributed by atoms with van der Waals surface area (Å²) in [5.74, 6) is 0. The normalized spacial score (nSPS) is 26.1. The van der Waals surface area contributed by atoms with E-state index < -0.39 is 12.2 Å². The molecule has 0 spiro atoms. The van der Waals surface area contributed by atoms with E-state index in [1.54, 1.807) is 0 Å². The topological polar surface area (TPSA) is 40.5 Å². The molecule has 2 aliphatic carbocycles. The molecule has 176 valence electrons. The lowest BCUT2D eigenvalue weighted by molar-refractivity contribution is 0.189. The van der Waals surface area contributed by atoms with Crippen molar-refractivity contribution in [2.24, 2.45) is 21.7 Å². The summed E-state index contributed by atoms with van der Waals surface area (Å²) < 4.78 is 0. The maximum absolute atomic E-state index is 11.4. The van der Waals surface area contributed by atoms with Gasteiger partial charge in [-0.15, -0.1) is 0 Å². The Morgan fingerprint density at radius 2 is 0.903 bits per heavy atom. The summed E-state index contributed by atoms with van der Waals surface area (Å²) in [5, 5.41) is 22.8. The molecule has 0 saturated heterocycles. The van der Waals surface area contributed by atoms with Crippen LogP contribution < -0.4 is 0 Å². The molecule has 0 radical (unpaired) electrons. The maximum Gasteiger partial charge on any atom is 0.0969 e. The molecule has 0 saturated carbocycles. The Labute approximate surface area is 192 Å². The van der Waals surface area contributed by atoms with Crippen LogP contribution in [0.4, 0.5) is 0 Å². The average Bonchev–Trinajstić information content (AvgIpc) is 2.69. The summed E-state index contributed by atoms with van der Waals surface area (Å²) in [5.41, 5.74) is 4.10. The van der Waals surface area contributed by atoms with Crippen LogP contribution in [-0.2, 0) is 0 Å². The molecule has 0 amide bonds. The van der Waals surface area contributed by atoms with E-state index in [1.807, 2.05) is 0 Å². The van der Waals surface area contributed by atoms with Crippen LogP contribution in [-0.4, -0.2) is 22.4 Å². The van der Waals surface area contributed by atoms with Gasteiger partial charge >= 0.3 is 0 Å². The molecular weight excluding hydrogens is 380 g/mol. The zero-order valence-corrected chi connectivity index (χ0v) is 21.9. The molecule has 0 heterocycles. The Bertz CT molecular complexity index is 703. The van der Waals surface area contributed by atoms with Crippen LogP contribution in [0.1, 0.15) is 101 Å². The van der Waals surface area contributed by atoms with Gasteiger partial charge in [0.1, 0.15) is 0 Å². The second kappa shape index (κ2) is 9.02. The number of hydrogen-bond donors (Lipinski definition) is 2. The van der Waals surface area contributed by atoms with Gasteiger partial charge in [0.05, 0.1) is 12.2 Å². The van der Waals surface area contributed by atoms with Gasteiger partial charge in [-0.05, 0) is 65.2 Å². The zero-order chi connectivity index (χ0) is 23.8. The van der Waals surface area contributed by atoms with E-state index in [4.69, 9.17) is 0 Å². The smallest absolute Gasteiger partial charge is 0.0969 e. The van der Waals surface area contributed by atoms with Gasteiger partial charge in [-0.3, -0.25) is 0 Å². The highest BCUT2D eigenvalue weighted by Crippen LogP contribution is 2.48. The van der Waals surface area contributed by atoms with Crippen LogP contribution in [0.3, 0.4) is 0 Å². The zero-order valence-electron chi connectivity index (χ0n) is 21.9. The Morgan fingerprint density at radius 3 is 1.13 bits per heavy atom. The van der Waals surface area contributed by atoms with Crippen molar-refractivity contribution < 1.29 is 10.2 Å². The van der Waals surface area contributed by atoms with Gasteiger partial charge in [-0.25, -0.2) is 0 Å². The minimum absolute atomic E-state index is 0.0212. The van der Waals surface area contributed by atoms with Crippen molar-refractivity contribution >= 4 is 0 Å². The van der Waals surface area contributed by atoms with Crippen molar-refractivity contribution in [3.05, 3.63) is 46.6 Å². The molecule has 0 bridgehead atoms. The average molecular weight is 429 g/mol. The molecule has 2 unspecified atom stereocenters. The molecule has 2 heteroatoms. The molecule has 0 aromatic rings. The van der Waals surface area contributed by atoms with Gasteiger partial charge in [-0.1, -0.05) is 93.5 Å². The summed E-state index contributed by atoms with van der Waals surface area (Å²) in [6.45, 7) is 22.1. The third-order valence-electron chi connectivity index (χ3n) is 7.90. The van der Waals surface area contributed by atoms with Crippen LogP contribution in [0.5, 0.6) is 0 Å². The largest absolute Gasteiger partial charge is 0.384 e. The number of aliphatic hydroxyl groups is 2. The van der Waals surface area contributed by atoms with Crippen molar-refractivity contribution in [3.8, 4) is 0 Å². The Balaban J connectivity index is 2.56. The second-order valence-corrected chi connectivity index (χ2v) is 12.0. The Morgan fingerprint density at radius 1 is 0.613 bits per heavy atom. The van der Waals surface area contributed by atoms with Crippen LogP contribution in [0.15, 0.2) is 46.6 Å². The molecule has 0 aliphatic heterocycles. The number of allylic oxidation sites excluding steroid dienone is 4. The van der Waals surface area contributed by atoms with E-state index in [0.717, 1.165) is 48.0 Å². The third kappa shape index (κ3) is 5.28. The van der Waals surface area contributed by atoms with Crippen molar-refractivity contribution in [2.45, 2.75) is 114 Å². The first-order valence-corrected chi connectivity index (χ1v) is 12.4. The van der Waals surface area contributed by atoms with Crippen molar-refractivity contribution in [2.75, 3.05) is 0 Å². The molecule has 31 heavy (non-hydrogen) atoms. The molecule has 2 rings (SSSR count). The van der Waals surface area contributed by atoms with Gasteiger partial charge in [0.2, 0.25) is 0 Å². The van der Waals surface area contributed by atoms with E-state index >= 15 is 0 Å². The first-order valence-electron chi connectivity index (χ1n) is 12.4. The first-order chi connectivity index (χ1) is 14.2. The van der Waals surface area contributed by atoms with E-state index in [0.29, 0.717) is 6.42 Å². The lowest BCUT2D eigenvalue weighted by Gasteiger charge is -2.42. The van der Waals surface area contributed by atoms with Crippen LogP contribution in [0.25, 0.3) is 0 Å². The van der Waals surface area contributed by atoms with Crippen molar-refractivity contribution in [3.63, 3.8) is 0 Å². The summed E-state index contributed by atoms with van der Waals surface area (Å²) in [4.78, 5) is 0. The lowest BCUT2D eigenvalue weighted by Crippen LogP contribution is -2.35. The summed E-state index contributed by atoms with van der Waals surface area (Å²) >= 11 is 0. The molecular formula is C29H48O2. The highest BCUT2D eigenvalue weighted by Gasteiger charge is 2.39. The van der Waals surface area contributed by atoms with E-state index in [-0.39, 0.29) is 21.7 Å². The molecule has 0 aromatic heterocycles. The fraction of sp³-hybridized carbons (Fsp3) is 0.724. The second-order valence-electron chi connectivity index (χ2n) is 12.0. The molecule has 0 fully saturated rings. The third-order valence-corrected chi connectivity index (χ3v) is 7.90. The fourth-order valence-corrected chi connectivity index (χ4v) is 5.26. The fourth-order valence-electron chi connectivity index (χ4n) is 5.26. The van der Waals surface area contributed by atoms with Gasteiger partial charge in [0.25, 0.3) is 0 Å². The maximum atomic E-state index is 11.4. The lowest BCUT2D eigenvalue weighted by atomic mass is 9.65. The van der Waals surface area contributed by atoms with Crippen LogP contribution in [0, 0.1) is 21.7 Å². The van der Waals surface area contributed by atoms with Crippen molar-refractivity contribution in [1.82, 2.24) is 0 Å². The van der Waals surface area contributed by atoms with E-state index in [2.05, 4.69) is 93.5 Å². The quantitative estimate of drug-likeness (QED) is 0.429. The van der Waals surface area contributed by atoms with E-state index in [1.165, 1.54) is 0 Å². The minimum Gasteiger partial charge on any atom is -0.384 e. The monoisotopic (exact) mass is 428 g/mol. The number of aliphatic hydroxyl groups excluding tert-OH is 2. The molecule has 2 atom stereocenters. The molecule has 0 aromatic carbocycles. The molecule has 2 aliphatic rings. The number of rotatable bonds is 6. The Kier molecular flexibility index (Phi) is 7.61. The predicted octanol–water partition coefficient (Wildman–Crippen LogP) is 7.54. The van der Waals surface area contributed by atoms with Gasteiger partial charge in [0.15, 0.2) is 0 Å². The highest BCUT2D eigenvalue weighted by atomic mass is 16.3. The first kappa shape index (κ1) is 26.1. The van der Waals surface area contributed by atoms with Gasteiger partial charge < -0.3 is 10.2 Å². The summed E-state index contributed by atoms with van der Waals surface area (Å²) in [6, 6.07) is 0. The number of hydrogen-bond acceptors (Lipinski definition) is 2. The van der Waals surface area contributed by atoms with Crippen LogP contribution >= 0.6 is 0 Å². The van der Waals surface area contributed by atoms with Crippen molar-refractivity contribution in [1.29, 1.82) is 0 Å². The van der Waals surface area contributed by atoms with Gasteiger partial charge in [0, 0.05) is 10.8 Å². The summed E-state index contributed by atoms with van der Waals surface area (Å²) in [7, 11) is 0. The SMILES string of the molecule is CCC1(CC)C=C(CC2=CC(CC)(CC)C=C(C(C)(C)C)C2O)C(O)C(C(C)(C)C)=C1. The predicted molar refractivity (Wildman–Crippen MR) is 134 cm³/mol. The highest BCUT2D eigenvalue weighted by molar-refractivity contribution is 5.44. The van der Waals surface area contributed by atoms with E-state index in [9.17, 15) is 10.2 Å².